The van der Waals surface area contributed by atoms with E-state index in [-0.39, 0.29) is 0 Å². The molecular weight excluding hydrogens is 150 g/mol. The van der Waals surface area contributed by atoms with Crippen molar-refractivity contribution in [3.8, 4) is 0 Å². The predicted molar refractivity (Wildman–Crippen MR) is 49.2 cm³/mol. The molecule has 0 aromatic rings. The number of hydrogen-bond donors (Lipinski definition) is 0. The van der Waals surface area contributed by atoms with E-state index in [0.29, 0.717) is 12.0 Å². The summed E-state index contributed by atoms with van der Waals surface area (Å²) in [4.78, 5) is 4.35. The van der Waals surface area contributed by atoms with Crippen LogP contribution in [0.4, 0.5) is 0 Å². The van der Waals surface area contributed by atoms with Crippen molar-refractivity contribution in [3.05, 3.63) is 23.0 Å². The molecule has 0 fully saturated rings. The maximum absolute atomic E-state index is 5.34. The molecule has 64 valence electrons. The largest absolute Gasteiger partial charge is 0.496 e. The molecule has 0 N–H and O–H groups in total. The number of nitrogens with zero attached hydrogens (tertiary/aromatic N) is 1. The Morgan fingerprint density at radius 3 is 2.83 bits per heavy atom. The zero-order valence-electron chi connectivity index (χ0n) is 7.66. The monoisotopic (exact) mass is 163 g/mol. The summed E-state index contributed by atoms with van der Waals surface area (Å²) >= 11 is 0. The van der Waals surface area contributed by atoms with Crippen LogP contribution in [0, 0.1) is 5.92 Å². The molecule has 0 aromatic heterocycles. The van der Waals surface area contributed by atoms with Gasteiger partial charge in [-0.15, -0.1) is 0 Å². The standard InChI is InChI=1S/C10H13NO/c1-6(2)8-5-11-9-4-7(9)10(8)12-3/h4-6,9H,1-3H3. The van der Waals surface area contributed by atoms with Crippen LogP contribution >= 0.6 is 0 Å². The molecule has 0 radical (unpaired) electrons. The molecule has 1 aliphatic carbocycles. The third-order valence-corrected chi connectivity index (χ3v) is 2.27. The van der Waals surface area contributed by atoms with Gasteiger partial charge in [-0.1, -0.05) is 13.8 Å². The summed E-state index contributed by atoms with van der Waals surface area (Å²) in [6, 6.07) is 0.336. The van der Waals surface area contributed by atoms with Crippen molar-refractivity contribution < 1.29 is 4.74 Å². The summed E-state index contributed by atoms with van der Waals surface area (Å²) in [6.07, 6.45) is 4.08. The Morgan fingerprint density at radius 1 is 1.50 bits per heavy atom. The summed E-state index contributed by atoms with van der Waals surface area (Å²) in [5.41, 5.74) is 2.49. The molecule has 1 heterocycles. The van der Waals surface area contributed by atoms with Gasteiger partial charge in [0.1, 0.15) is 5.76 Å². The lowest BCUT2D eigenvalue weighted by Crippen LogP contribution is -2.08. The second kappa shape index (κ2) is 2.47. The van der Waals surface area contributed by atoms with Gasteiger partial charge < -0.3 is 4.74 Å². The van der Waals surface area contributed by atoms with Crippen molar-refractivity contribution in [1.82, 2.24) is 0 Å². The van der Waals surface area contributed by atoms with Gasteiger partial charge >= 0.3 is 0 Å². The number of rotatable bonds is 2. The number of allylic oxidation sites excluding steroid dienone is 1. The lowest BCUT2D eigenvalue weighted by atomic mass is 10.0. The van der Waals surface area contributed by atoms with E-state index in [9.17, 15) is 0 Å². The molecule has 0 amide bonds. The summed E-state index contributed by atoms with van der Waals surface area (Å²) < 4.78 is 5.34. The van der Waals surface area contributed by atoms with Gasteiger partial charge in [-0.05, 0) is 12.0 Å². The summed E-state index contributed by atoms with van der Waals surface area (Å²) in [5.74, 6) is 1.54. The van der Waals surface area contributed by atoms with E-state index in [1.165, 1.54) is 11.1 Å². The zero-order valence-corrected chi connectivity index (χ0v) is 7.66. The molecule has 1 unspecified atom stereocenters. The highest BCUT2D eigenvalue weighted by atomic mass is 16.5. The lowest BCUT2D eigenvalue weighted by Gasteiger charge is -2.15. The predicted octanol–water partition coefficient (Wildman–Crippen LogP) is 1.94. The highest BCUT2D eigenvalue weighted by Crippen LogP contribution is 2.37. The molecule has 2 rings (SSSR count). The molecule has 2 aliphatic rings. The van der Waals surface area contributed by atoms with Gasteiger partial charge in [0, 0.05) is 17.4 Å². The van der Waals surface area contributed by atoms with E-state index in [1.807, 2.05) is 6.21 Å². The Labute approximate surface area is 72.6 Å². The number of dihydropyridines is 1. The van der Waals surface area contributed by atoms with Crippen LogP contribution in [0.15, 0.2) is 28.0 Å². The summed E-state index contributed by atoms with van der Waals surface area (Å²) in [5, 5.41) is 0. The molecule has 0 aromatic carbocycles. The highest BCUT2D eigenvalue weighted by molar-refractivity contribution is 5.85. The van der Waals surface area contributed by atoms with Crippen LogP contribution in [0.3, 0.4) is 0 Å². The minimum absolute atomic E-state index is 0.336. The van der Waals surface area contributed by atoms with Gasteiger partial charge in [0.15, 0.2) is 0 Å². The van der Waals surface area contributed by atoms with E-state index in [1.54, 1.807) is 7.11 Å². The second-order valence-electron chi connectivity index (χ2n) is 3.49. The van der Waals surface area contributed by atoms with Crippen molar-refractivity contribution in [1.29, 1.82) is 0 Å². The fraction of sp³-hybridized carbons (Fsp3) is 0.500. The second-order valence-corrected chi connectivity index (χ2v) is 3.49. The van der Waals surface area contributed by atoms with Gasteiger partial charge in [-0.25, -0.2) is 0 Å². The van der Waals surface area contributed by atoms with Crippen LogP contribution in [0.5, 0.6) is 0 Å². The van der Waals surface area contributed by atoms with Crippen LogP contribution in [-0.2, 0) is 4.74 Å². The third kappa shape index (κ3) is 0.986. The fourth-order valence-corrected chi connectivity index (χ4v) is 1.49. The topological polar surface area (TPSA) is 21.6 Å². The fourth-order valence-electron chi connectivity index (χ4n) is 1.49. The van der Waals surface area contributed by atoms with E-state index in [0.717, 1.165) is 5.76 Å². The van der Waals surface area contributed by atoms with E-state index < -0.39 is 0 Å². The number of ether oxygens (including phenoxy) is 1. The first-order chi connectivity index (χ1) is 5.74. The van der Waals surface area contributed by atoms with Crippen molar-refractivity contribution in [3.63, 3.8) is 0 Å². The average Bonchev–Trinajstić information content (AvgIpc) is 2.79. The SMILES string of the molecule is COC1=C(C(C)C)C=NC2C=C12. The molecule has 2 heteroatoms. The maximum atomic E-state index is 5.34. The van der Waals surface area contributed by atoms with Gasteiger partial charge in [-0.3, -0.25) is 4.99 Å². The first kappa shape index (κ1) is 7.59. The Hall–Kier alpha value is -1.05. The number of hydrogen-bond acceptors (Lipinski definition) is 2. The minimum atomic E-state index is 0.336. The molecule has 1 aliphatic heterocycles. The van der Waals surface area contributed by atoms with Crippen molar-refractivity contribution >= 4 is 6.21 Å². The molecule has 12 heavy (non-hydrogen) atoms. The van der Waals surface area contributed by atoms with Gasteiger partial charge in [0.05, 0.1) is 13.2 Å². The van der Waals surface area contributed by atoms with Crippen LogP contribution in [-0.4, -0.2) is 19.4 Å². The number of methoxy groups -OCH3 is 1. The maximum Gasteiger partial charge on any atom is 0.129 e. The van der Waals surface area contributed by atoms with Crippen molar-refractivity contribution in [2.24, 2.45) is 10.9 Å². The Morgan fingerprint density at radius 2 is 2.25 bits per heavy atom. The van der Waals surface area contributed by atoms with E-state index >= 15 is 0 Å². The molecule has 0 saturated heterocycles. The quantitative estimate of drug-likeness (QED) is 0.609. The Kier molecular flexibility index (Phi) is 1.56. The van der Waals surface area contributed by atoms with Crippen LogP contribution in [0.2, 0.25) is 0 Å². The van der Waals surface area contributed by atoms with Crippen molar-refractivity contribution in [2.75, 3.05) is 7.11 Å². The van der Waals surface area contributed by atoms with Crippen LogP contribution in [0.25, 0.3) is 0 Å². The van der Waals surface area contributed by atoms with Gasteiger partial charge in [0.2, 0.25) is 0 Å². The molecule has 0 bridgehead atoms. The Bertz CT molecular complexity index is 297. The smallest absolute Gasteiger partial charge is 0.129 e. The highest BCUT2D eigenvalue weighted by Gasteiger charge is 2.33. The normalized spacial score (nSPS) is 25.7. The number of aliphatic imine (C=N–C) groups is 1. The summed E-state index contributed by atoms with van der Waals surface area (Å²) in [6.45, 7) is 4.31. The first-order valence-corrected chi connectivity index (χ1v) is 4.27. The van der Waals surface area contributed by atoms with E-state index in [4.69, 9.17) is 4.74 Å². The molecule has 0 saturated carbocycles. The molecule has 1 atom stereocenters. The zero-order chi connectivity index (χ0) is 8.72. The minimum Gasteiger partial charge on any atom is -0.496 e. The van der Waals surface area contributed by atoms with Crippen LogP contribution < -0.4 is 0 Å². The first-order valence-electron chi connectivity index (χ1n) is 4.27. The van der Waals surface area contributed by atoms with Crippen LogP contribution in [0.1, 0.15) is 13.8 Å². The van der Waals surface area contributed by atoms with Crippen molar-refractivity contribution in [2.45, 2.75) is 19.9 Å². The third-order valence-electron chi connectivity index (χ3n) is 2.27. The van der Waals surface area contributed by atoms with Gasteiger partial charge in [-0.2, -0.15) is 0 Å². The van der Waals surface area contributed by atoms with E-state index in [2.05, 4.69) is 24.9 Å². The summed E-state index contributed by atoms with van der Waals surface area (Å²) in [7, 11) is 1.73. The number of fused-ring (bicyclic) bond motifs is 1. The van der Waals surface area contributed by atoms with Gasteiger partial charge in [0.25, 0.3) is 0 Å². The average molecular weight is 163 g/mol. The molecular formula is C10H13NO. The Balaban J connectivity index is 2.36. The molecule has 0 spiro atoms. The lowest BCUT2D eigenvalue weighted by molar-refractivity contribution is 0.295. The molecule has 2 nitrogen and oxygen atoms in total.